The van der Waals surface area contributed by atoms with Gasteiger partial charge in [0.1, 0.15) is 5.82 Å². The van der Waals surface area contributed by atoms with Gasteiger partial charge in [0.05, 0.1) is 5.56 Å². The Hall–Kier alpha value is -1.58. The Morgan fingerprint density at radius 1 is 1.42 bits per heavy atom. The van der Waals surface area contributed by atoms with Crippen LogP contribution in [0, 0.1) is 5.41 Å². The van der Waals surface area contributed by atoms with Crippen molar-refractivity contribution < 1.29 is 4.79 Å². The Morgan fingerprint density at radius 2 is 2.16 bits per heavy atom. The zero-order valence-electron chi connectivity index (χ0n) is 12.2. The first-order chi connectivity index (χ1) is 8.96. The van der Waals surface area contributed by atoms with Crippen molar-refractivity contribution in [2.24, 2.45) is 11.1 Å². The minimum absolute atomic E-state index is 0.182. The van der Waals surface area contributed by atoms with Gasteiger partial charge in [-0.25, -0.2) is 4.98 Å². The molecule has 0 unspecified atom stereocenters. The molecule has 0 spiro atoms. The van der Waals surface area contributed by atoms with Crippen LogP contribution in [0.5, 0.6) is 0 Å². The van der Waals surface area contributed by atoms with Gasteiger partial charge in [-0.2, -0.15) is 0 Å². The van der Waals surface area contributed by atoms with E-state index >= 15 is 0 Å². The van der Waals surface area contributed by atoms with Crippen molar-refractivity contribution in [3.63, 3.8) is 0 Å². The van der Waals surface area contributed by atoms with Crippen LogP contribution in [-0.2, 0) is 0 Å². The van der Waals surface area contributed by atoms with E-state index in [-0.39, 0.29) is 5.41 Å². The first-order valence-electron chi connectivity index (χ1n) is 6.95. The van der Waals surface area contributed by atoms with Crippen LogP contribution in [0.15, 0.2) is 18.3 Å². The molecule has 0 bridgehead atoms. The number of unbranched alkanes of at least 4 members (excludes halogenated alkanes) is 2. The molecule has 106 valence electrons. The van der Waals surface area contributed by atoms with Crippen LogP contribution >= 0.6 is 0 Å². The number of nitrogens with one attached hydrogen (secondary N) is 1. The summed E-state index contributed by atoms with van der Waals surface area (Å²) in [6, 6.07) is 3.42. The molecule has 3 N–H and O–H groups in total. The number of hydrogen-bond donors (Lipinski definition) is 2. The highest BCUT2D eigenvalue weighted by Gasteiger charge is 2.18. The molecule has 0 atom stereocenters. The van der Waals surface area contributed by atoms with E-state index in [1.165, 1.54) is 19.3 Å². The molecule has 4 heteroatoms. The van der Waals surface area contributed by atoms with Crippen LogP contribution in [0.25, 0.3) is 0 Å². The van der Waals surface area contributed by atoms with Crippen LogP contribution in [-0.4, -0.2) is 17.4 Å². The van der Waals surface area contributed by atoms with E-state index in [2.05, 4.69) is 31.1 Å². The van der Waals surface area contributed by atoms with Crippen LogP contribution < -0.4 is 11.1 Å². The minimum Gasteiger partial charge on any atom is -0.369 e. The highest BCUT2D eigenvalue weighted by Crippen LogP contribution is 2.24. The molecule has 0 aliphatic heterocycles. The lowest BCUT2D eigenvalue weighted by atomic mass is 9.87. The summed E-state index contributed by atoms with van der Waals surface area (Å²) in [7, 11) is 0. The number of amides is 1. The number of rotatable bonds is 8. The molecule has 0 fully saturated rings. The largest absolute Gasteiger partial charge is 0.369 e. The quantitative estimate of drug-likeness (QED) is 0.708. The second kappa shape index (κ2) is 7.12. The van der Waals surface area contributed by atoms with Crippen LogP contribution in [0.2, 0.25) is 0 Å². The Bertz CT molecular complexity index is 416. The molecule has 0 aliphatic carbocycles. The summed E-state index contributed by atoms with van der Waals surface area (Å²) in [6.45, 7) is 7.44. The average molecular weight is 263 g/mol. The van der Waals surface area contributed by atoms with Crippen molar-refractivity contribution in [3.05, 3.63) is 23.9 Å². The number of carbonyl (C=O) groups excluding carboxylic acids is 1. The zero-order chi connectivity index (χ0) is 14.3. The average Bonchev–Trinajstić information content (AvgIpc) is 2.37. The van der Waals surface area contributed by atoms with Gasteiger partial charge in [0.25, 0.3) is 5.91 Å². The highest BCUT2D eigenvalue weighted by molar-refractivity contribution is 5.97. The van der Waals surface area contributed by atoms with E-state index in [4.69, 9.17) is 5.73 Å². The van der Waals surface area contributed by atoms with E-state index in [1.54, 1.807) is 18.3 Å². The molecule has 1 heterocycles. The standard InChI is InChI=1S/C15H25N3O/c1-4-5-6-9-15(2,3)11-18-14-12(13(16)19)8-7-10-17-14/h7-8,10H,4-6,9,11H2,1-3H3,(H2,16,19)(H,17,18). The lowest BCUT2D eigenvalue weighted by Crippen LogP contribution is -2.25. The zero-order valence-corrected chi connectivity index (χ0v) is 12.2. The third kappa shape index (κ3) is 5.28. The summed E-state index contributed by atoms with van der Waals surface area (Å²) in [4.78, 5) is 15.5. The van der Waals surface area contributed by atoms with Crippen molar-refractivity contribution in [2.45, 2.75) is 46.5 Å². The van der Waals surface area contributed by atoms with E-state index in [0.717, 1.165) is 13.0 Å². The summed E-state index contributed by atoms with van der Waals surface area (Å²) in [5, 5.41) is 3.25. The number of aromatic nitrogens is 1. The lowest BCUT2D eigenvalue weighted by molar-refractivity contribution is 0.100. The predicted octanol–water partition coefficient (Wildman–Crippen LogP) is 3.20. The van der Waals surface area contributed by atoms with Gasteiger partial charge in [-0.3, -0.25) is 4.79 Å². The summed E-state index contributed by atoms with van der Waals surface area (Å²) in [6.07, 6.45) is 6.55. The fourth-order valence-corrected chi connectivity index (χ4v) is 2.01. The third-order valence-electron chi connectivity index (χ3n) is 3.26. The molecule has 0 saturated carbocycles. The monoisotopic (exact) mass is 263 g/mol. The molecule has 0 saturated heterocycles. The van der Waals surface area contributed by atoms with E-state index in [0.29, 0.717) is 11.4 Å². The topological polar surface area (TPSA) is 68.0 Å². The van der Waals surface area contributed by atoms with Gasteiger partial charge in [-0.05, 0) is 24.0 Å². The van der Waals surface area contributed by atoms with Crippen molar-refractivity contribution in [2.75, 3.05) is 11.9 Å². The number of anilines is 1. The van der Waals surface area contributed by atoms with E-state index < -0.39 is 5.91 Å². The molecule has 1 aromatic heterocycles. The Kier molecular flexibility index (Phi) is 5.80. The molecule has 4 nitrogen and oxygen atoms in total. The first kappa shape index (κ1) is 15.5. The third-order valence-corrected chi connectivity index (χ3v) is 3.26. The maximum Gasteiger partial charge on any atom is 0.252 e. The normalized spacial score (nSPS) is 11.3. The molecular formula is C15H25N3O. The van der Waals surface area contributed by atoms with Gasteiger partial charge in [0.2, 0.25) is 0 Å². The molecule has 0 radical (unpaired) electrons. The smallest absolute Gasteiger partial charge is 0.252 e. The summed E-state index contributed by atoms with van der Waals surface area (Å²) in [5.74, 6) is 0.137. The maximum atomic E-state index is 11.3. The lowest BCUT2D eigenvalue weighted by Gasteiger charge is -2.25. The van der Waals surface area contributed by atoms with Crippen LogP contribution in [0.4, 0.5) is 5.82 Å². The highest BCUT2D eigenvalue weighted by atomic mass is 16.1. The Morgan fingerprint density at radius 3 is 2.79 bits per heavy atom. The van der Waals surface area contributed by atoms with E-state index in [1.807, 2.05) is 0 Å². The second-order valence-electron chi connectivity index (χ2n) is 5.74. The van der Waals surface area contributed by atoms with Crippen molar-refractivity contribution in [3.8, 4) is 0 Å². The number of nitrogens with zero attached hydrogens (tertiary/aromatic N) is 1. The molecule has 1 rings (SSSR count). The number of nitrogens with two attached hydrogens (primary N) is 1. The maximum absolute atomic E-state index is 11.3. The van der Waals surface area contributed by atoms with Gasteiger partial charge in [-0.15, -0.1) is 0 Å². The number of pyridine rings is 1. The number of carbonyl (C=O) groups is 1. The Balaban J connectivity index is 2.58. The van der Waals surface area contributed by atoms with E-state index in [9.17, 15) is 4.79 Å². The summed E-state index contributed by atoms with van der Waals surface area (Å²) in [5.41, 5.74) is 5.97. The molecule has 1 aromatic rings. The van der Waals surface area contributed by atoms with Crippen LogP contribution in [0.1, 0.15) is 56.8 Å². The minimum atomic E-state index is -0.445. The number of primary amides is 1. The summed E-state index contributed by atoms with van der Waals surface area (Å²) < 4.78 is 0. The first-order valence-corrected chi connectivity index (χ1v) is 6.95. The molecule has 1 amide bonds. The predicted molar refractivity (Wildman–Crippen MR) is 79.2 cm³/mol. The van der Waals surface area contributed by atoms with Gasteiger partial charge in [0.15, 0.2) is 0 Å². The van der Waals surface area contributed by atoms with Crippen LogP contribution in [0.3, 0.4) is 0 Å². The second-order valence-corrected chi connectivity index (χ2v) is 5.74. The van der Waals surface area contributed by atoms with Gasteiger partial charge in [0, 0.05) is 12.7 Å². The van der Waals surface area contributed by atoms with Gasteiger partial charge < -0.3 is 11.1 Å². The summed E-state index contributed by atoms with van der Waals surface area (Å²) >= 11 is 0. The molecule has 19 heavy (non-hydrogen) atoms. The van der Waals surface area contributed by atoms with Crippen molar-refractivity contribution in [1.29, 1.82) is 0 Å². The van der Waals surface area contributed by atoms with Gasteiger partial charge >= 0.3 is 0 Å². The molecular weight excluding hydrogens is 238 g/mol. The Labute approximate surface area is 115 Å². The fraction of sp³-hybridized carbons (Fsp3) is 0.600. The fourth-order valence-electron chi connectivity index (χ4n) is 2.01. The van der Waals surface area contributed by atoms with Gasteiger partial charge in [-0.1, -0.05) is 40.0 Å². The molecule has 0 aliphatic rings. The van der Waals surface area contributed by atoms with Crippen molar-refractivity contribution >= 4 is 11.7 Å². The SMILES string of the molecule is CCCCCC(C)(C)CNc1ncccc1C(N)=O. The van der Waals surface area contributed by atoms with Crippen molar-refractivity contribution in [1.82, 2.24) is 4.98 Å². The number of hydrogen-bond acceptors (Lipinski definition) is 3. The molecule has 0 aromatic carbocycles.